The Bertz CT molecular complexity index is 393. The van der Waals surface area contributed by atoms with E-state index in [2.05, 4.69) is 29.2 Å². The molecule has 5 rings (SSSR count). The van der Waals surface area contributed by atoms with Crippen molar-refractivity contribution in [2.45, 2.75) is 37.8 Å². The molecule has 78 valence electrons. The van der Waals surface area contributed by atoms with Gasteiger partial charge >= 0.3 is 0 Å². The molecule has 0 radical (unpaired) electrons. The predicted octanol–water partition coefficient (Wildman–Crippen LogP) is 2.60. The van der Waals surface area contributed by atoms with Crippen LogP contribution in [0.1, 0.15) is 30.4 Å². The number of rotatable bonds is 1. The van der Waals surface area contributed by atoms with E-state index in [1.807, 2.05) is 0 Å². The van der Waals surface area contributed by atoms with Crippen molar-refractivity contribution in [1.82, 2.24) is 4.90 Å². The third-order valence-corrected chi connectivity index (χ3v) is 4.81. The summed E-state index contributed by atoms with van der Waals surface area (Å²) in [4.78, 5) is 2.76. The van der Waals surface area contributed by atoms with Crippen LogP contribution in [-0.2, 0) is 13.0 Å². The fourth-order valence-electron chi connectivity index (χ4n) is 3.72. The fraction of sp³-hybridized carbons (Fsp3) is 0.571. The Morgan fingerprint density at radius 1 is 1.07 bits per heavy atom. The van der Waals surface area contributed by atoms with Crippen LogP contribution in [0.3, 0.4) is 0 Å². The Labute approximate surface area is 91.1 Å². The first-order chi connectivity index (χ1) is 7.36. The van der Waals surface area contributed by atoms with Gasteiger partial charge in [-0.15, -0.1) is 0 Å². The zero-order chi connectivity index (χ0) is 9.88. The second-order valence-corrected chi connectivity index (χ2v) is 5.64. The van der Waals surface area contributed by atoms with Crippen molar-refractivity contribution >= 4 is 0 Å². The molecule has 15 heavy (non-hydrogen) atoms. The molecule has 0 aromatic heterocycles. The van der Waals surface area contributed by atoms with Crippen molar-refractivity contribution < 1.29 is 0 Å². The minimum Gasteiger partial charge on any atom is -0.293 e. The number of benzene rings is 1. The Morgan fingerprint density at radius 3 is 2.47 bits per heavy atom. The Hall–Kier alpha value is -0.820. The van der Waals surface area contributed by atoms with Crippen LogP contribution in [0.5, 0.6) is 0 Å². The van der Waals surface area contributed by atoms with Crippen LogP contribution < -0.4 is 0 Å². The van der Waals surface area contributed by atoms with Crippen molar-refractivity contribution in [2.75, 3.05) is 6.54 Å². The van der Waals surface area contributed by atoms with Gasteiger partial charge in [-0.3, -0.25) is 4.90 Å². The van der Waals surface area contributed by atoms with Crippen molar-refractivity contribution in [2.24, 2.45) is 5.92 Å². The van der Waals surface area contributed by atoms with Gasteiger partial charge in [0.15, 0.2) is 0 Å². The van der Waals surface area contributed by atoms with E-state index in [4.69, 9.17) is 0 Å². The van der Waals surface area contributed by atoms with Crippen LogP contribution in [0.25, 0.3) is 0 Å². The number of nitrogens with zero attached hydrogens (tertiary/aromatic N) is 1. The standard InChI is InChI=1S/C14H17N/c1-2-4-13-10-15(6-5-12(13)3-1)14-7-11(8-14)9-14/h1-4,11H,5-10H2. The molecule has 3 aliphatic carbocycles. The molecule has 0 amide bonds. The summed E-state index contributed by atoms with van der Waals surface area (Å²) in [6.45, 7) is 2.51. The van der Waals surface area contributed by atoms with E-state index in [1.54, 1.807) is 11.1 Å². The highest BCUT2D eigenvalue weighted by Gasteiger charge is 2.59. The minimum absolute atomic E-state index is 0.665. The molecule has 0 saturated heterocycles. The summed E-state index contributed by atoms with van der Waals surface area (Å²) >= 11 is 0. The third-order valence-electron chi connectivity index (χ3n) is 4.81. The van der Waals surface area contributed by atoms with Crippen LogP contribution >= 0.6 is 0 Å². The van der Waals surface area contributed by atoms with Crippen molar-refractivity contribution in [1.29, 1.82) is 0 Å². The molecular formula is C14H17N. The van der Waals surface area contributed by atoms with Gasteiger partial charge in [-0.25, -0.2) is 0 Å². The molecule has 0 atom stereocenters. The quantitative estimate of drug-likeness (QED) is 0.672. The molecular weight excluding hydrogens is 182 g/mol. The molecule has 1 heterocycles. The number of fused-ring (bicyclic) bond motifs is 1. The second kappa shape index (κ2) is 2.65. The molecule has 3 saturated carbocycles. The monoisotopic (exact) mass is 199 g/mol. The molecule has 1 aromatic carbocycles. The van der Waals surface area contributed by atoms with E-state index >= 15 is 0 Å². The first-order valence-corrected chi connectivity index (χ1v) is 6.18. The smallest absolute Gasteiger partial charge is 0.0242 e. The Kier molecular flexibility index (Phi) is 1.47. The molecule has 0 spiro atoms. The summed E-state index contributed by atoms with van der Waals surface area (Å²) in [5, 5.41) is 0. The molecule has 1 nitrogen and oxygen atoms in total. The molecule has 2 bridgehead atoms. The topological polar surface area (TPSA) is 3.24 Å². The summed E-state index contributed by atoms with van der Waals surface area (Å²) in [6, 6.07) is 8.97. The van der Waals surface area contributed by atoms with E-state index in [0.29, 0.717) is 5.54 Å². The van der Waals surface area contributed by atoms with Crippen LogP contribution in [0.4, 0.5) is 0 Å². The van der Waals surface area contributed by atoms with Crippen LogP contribution in [-0.4, -0.2) is 17.0 Å². The van der Waals surface area contributed by atoms with Crippen LogP contribution in [0, 0.1) is 5.92 Å². The zero-order valence-corrected chi connectivity index (χ0v) is 9.08. The lowest BCUT2D eigenvalue weighted by atomic mass is 9.49. The summed E-state index contributed by atoms with van der Waals surface area (Å²) in [5.41, 5.74) is 3.83. The maximum atomic E-state index is 2.76. The number of hydrogen-bond acceptors (Lipinski definition) is 1. The van der Waals surface area contributed by atoms with Gasteiger partial charge < -0.3 is 0 Å². The average molecular weight is 199 g/mol. The van der Waals surface area contributed by atoms with Gasteiger partial charge in [0.2, 0.25) is 0 Å². The van der Waals surface area contributed by atoms with Gasteiger partial charge in [0.25, 0.3) is 0 Å². The van der Waals surface area contributed by atoms with Gasteiger partial charge in [-0.1, -0.05) is 24.3 Å². The van der Waals surface area contributed by atoms with Crippen molar-refractivity contribution in [3.05, 3.63) is 35.4 Å². The van der Waals surface area contributed by atoms with Gasteiger partial charge in [-0.05, 0) is 42.7 Å². The number of hydrogen-bond donors (Lipinski definition) is 0. The molecule has 4 aliphatic rings. The van der Waals surface area contributed by atoms with Crippen molar-refractivity contribution in [3.63, 3.8) is 0 Å². The summed E-state index contributed by atoms with van der Waals surface area (Å²) in [5.74, 6) is 1.10. The van der Waals surface area contributed by atoms with Crippen LogP contribution in [0.15, 0.2) is 24.3 Å². The van der Waals surface area contributed by atoms with Crippen LogP contribution in [0.2, 0.25) is 0 Å². The lowest BCUT2D eigenvalue weighted by Crippen LogP contribution is -2.68. The van der Waals surface area contributed by atoms with Gasteiger partial charge in [0.1, 0.15) is 0 Å². The van der Waals surface area contributed by atoms with E-state index in [9.17, 15) is 0 Å². The van der Waals surface area contributed by atoms with E-state index < -0.39 is 0 Å². The highest BCUT2D eigenvalue weighted by atomic mass is 15.2. The fourth-order valence-corrected chi connectivity index (χ4v) is 3.72. The molecule has 0 unspecified atom stereocenters. The van der Waals surface area contributed by atoms with Gasteiger partial charge in [0.05, 0.1) is 0 Å². The largest absolute Gasteiger partial charge is 0.293 e. The first kappa shape index (κ1) is 8.35. The van der Waals surface area contributed by atoms with Gasteiger partial charge in [-0.2, -0.15) is 0 Å². The third kappa shape index (κ3) is 1.02. The maximum absolute atomic E-state index is 2.76. The molecule has 1 aliphatic heterocycles. The van der Waals surface area contributed by atoms with Gasteiger partial charge in [0, 0.05) is 18.6 Å². The van der Waals surface area contributed by atoms with E-state index in [-0.39, 0.29) is 0 Å². The maximum Gasteiger partial charge on any atom is 0.0242 e. The lowest BCUT2D eigenvalue weighted by Gasteiger charge is -2.67. The SMILES string of the molecule is c1ccc2c(c1)CCN(C13CC(C1)C3)C2. The average Bonchev–Trinajstić information content (AvgIpc) is 2.13. The van der Waals surface area contributed by atoms with E-state index in [0.717, 1.165) is 5.92 Å². The highest BCUT2D eigenvalue weighted by Crippen LogP contribution is 2.61. The minimum atomic E-state index is 0.665. The second-order valence-electron chi connectivity index (χ2n) is 5.64. The lowest BCUT2D eigenvalue weighted by molar-refractivity contribution is -0.149. The summed E-state index contributed by atoms with van der Waals surface area (Å²) < 4.78 is 0. The highest BCUT2D eigenvalue weighted by molar-refractivity contribution is 5.30. The Morgan fingerprint density at radius 2 is 1.80 bits per heavy atom. The molecule has 3 fully saturated rings. The summed E-state index contributed by atoms with van der Waals surface area (Å²) in [6.07, 6.45) is 5.75. The normalized spacial score (nSPS) is 37.7. The van der Waals surface area contributed by atoms with Crippen molar-refractivity contribution in [3.8, 4) is 0 Å². The molecule has 1 heteroatoms. The summed E-state index contributed by atoms with van der Waals surface area (Å²) in [7, 11) is 0. The Balaban J connectivity index is 1.62. The van der Waals surface area contributed by atoms with E-state index in [1.165, 1.54) is 38.8 Å². The first-order valence-electron chi connectivity index (χ1n) is 6.18. The molecule has 0 N–H and O–H groups in total. The zero-order valence-electron chi connectivity index (χ0n) is 9.08. The molecule has 1 aromatic rings. The predicted molar refractivity (Wildman–Crippen MR) is 60.6 cm³/mol.